The van der Waals surface area contributed by atoms with Crippen LogP contribution in [0.25, 0.3) is 11.0 Å². The number of hydrogen-bond acceptors (Lipinski definition) is 5. The van der Waals surface area contributed by atoms with Crippen molar-refractivity contribution in [2.45, 2.75) is 57.9 Å². The van der Waals surface area contributed by atoms with Crippen LogP contribution in [-0.4, -0.2) is 55.3 Å². The Hall–Kier alpha value is -1.59. The van der Waals surface area contributed by atoms with E-state index in [-0.39, 0.29) is 0 Å². The van der Waals surface area contributed by atoms with Crippen LogP contribution >= 0.6 is 0 Å². The molecule has 0 N–H and O–H groups in total. The summed E-state index contributed by atoms with van der Waals surface area (Å²) in [6.45, 7) is 5.56. The van der Waals surface area contributed by atoms with Crippen molar-refractivity contribution < 1.29 is 9.26 Å². The molecule has 0 radical (unpaired) electrons. The maximum atomic E-state index is 6.16. The number of hydrogen-bond donors (Lipinski definition) is 0. The second-order valence-corrected chi connectivity index (χ2v) is 10.3. The van der Waals surface area contributed by atoms with Gasteiger partial charge in [-0.05, 0) is 108 Å². The Kier molecular flexibility index (Phi) is 6.01. The predicted molar refractivity (Wildman–Crippen MR) is 120 cm³/mol. The minimum Gasteiger partial charge on any atom is -0.493 e. The lowest BCUT2D eigenvalue weighted by atomic mass is 9.91. The van der Waals surface area contributed by atoms with Crippen molar-refractivity contribution in [1.82, 2.24) is 15.0 Å². The second kappa shape index (κ2) is 8.88. The molecular formula is C25H37N3O2. The Morgan fingerprint density at radius 3 is 2.50 bits per heavy atom. The van der Waals surface area contributed by atoms with Crippen LogP contribution in [0.1, 0.15) is 56.2 Å². The molecule has 0 unspecified atom stereocenters. The van der Waals surface area contributed by atoms with Gasteiger partial charge in [0, 0.05) is 18.5 Å². The number of aromatic nitrogens is 1. The van der Waals surface area contributed by atoms with Crippen LogP contribution in [0.15, 0.2) is 16.7 Å². The van der Waals surface area contributed by atoms with Gasteiger partial charge in [0.05, 0.1) is 17.9 Å². The normalized spacial score (nSPS) is 21.0. The van der Waals surface area contributed by atoms with Gasteiger partial charge in [-0.3, -0.25) is 0 Å². The highest BCUT2D eigenvalue weighted by molar-refractivity contribution is 5.84. The molecule has 0 atom stereocenters. The van der Waals surface area contributed by atoms with E-state index in [0.29, 0.717) is 0 Å². The fourth-order valence-electron chi connectivity index (χ4n) is 4.83. The van der Waals surface area contributed by atoms with Gasteiger partial charge >= 0.3 is 0 Å². The van der Waals surface area contributed by atoms with E-state index in [4.69, 9.17) is 9.26 Å². The highest BCUT2D eigenvalue weighted by Gasteiger charge is 2.27. The fourth-order valence-corrected chi connectivity index (χ4v) is 4.83. The molecule has 2 heterocycles. The third-order valence-electron chi connectivity index (χ3n) is 7.13. The highest BCUT2D eigenvalue weighted by Crippen LogP contribution is 2.35. The Morgan fingerprint density at radius 1 is 1.03 bits per heavy atom. The maximum absolute atomic E-state index is 6.16. The van der Waals surface area contributed by atoms with Crippen molar-refractivity contribution in [3.05, 3.63) is 23.4 Å². The maximum Gasteiger partial charge on any atom is 0.175 e. The van der Waals surface area contributed by atoms with Crippen molar-refractivity contribution in [3.63, 3.8) is 0 Å². The fraction of sp³-hybridized carbons (Fsp3) is 0.720. The van der Waals surface area contributed by atoms with Gasteiger partial charge in [0.25, 0.3) is 0 Å². The van der Waals surface area contributed by atoms with Crippen LogP contribution < -0.4 is 4.74 Å². The van der Waals surface area contributed by atoms with E-state index in [0.717, 1.165) is 59.9 Å². The highest BCUT2D eigenvalue weighted by atomic mass is 16.5. The lowest BCUT2D eigenvalue weighted by Gasteiger charge is -2.31. The quantitative estimate of drug-likeness (QED) is 0.565. The second-order valence-electron chi connectivity index (χ2n) is 10.3. The topological polar surface area (TPSA) is 41.7 Å². The van der Waals surface area contributed by atoms with Crippen molar-refractivity contribution in [3.8, 4) is 5.75 Å². The largest absolute Gasteiger partial charge is 0.493 e. The van der Waals surface area contributed by atoms with Crippen molar-refractivity contribution >= 4 is 11.0 Å². The van der Waals surface area contributed by atoms with Crippen LogP contribution in [0.2, 0.25) is 0 Å². The first-order valence-corrected chi connectivity index (χ1v) is 12.1. The molecule has 2 aliphatic carbocycles. The van der Waals surface area contributed by atoms with E-state index >= 15 is 0 Å². The third-order valence-corrected chi connectivity index (χ3v) is 7.13. The van der Waals surface area contributed by atoms with Crippen molar-refractivity contribution in [2.75, 3.05) is 40.3 Å². The van der Waals surface area contributed by atoms with Crippen LogP contribution in [0, 0.1) is 17.8 Å². The van der Waals surface area contributed by atoms with Gasteiger partial charge in [-0.15, -0.1) is 0 Å². The zero-order valence-electron chi connectivity index (χ0n) is 18.7. The summed E-state index contributed by atoms with van der Waals surface area (Å²) in [6.07, 6.45) is 10.5. The number of fused-ring (bicyclic) bond motifs is 1. The molecule has 3 fully saturated rings. The molecule has 2 aromatic rings. The molecule has 0 bridgehead atoms. The van der Waals surface area contributed by atoms with Crippen molar-refractivity contribution in [2.24, 2.45) is 17.8 Å². The van der Waals surface area contributed by atoms with Gasteiger partial charge < -0.3 is 19.1 Å². The molecule has 0 amide bonds. The molecule has 2 saturated carbocycles. The molecule has 0 spiro atoms. The number of nitrogens with zero attached hydrogens (tertiary/aromatic N) is 3. The Balaban J connectivity index is 1.23. The molecule has 1 aliphatic heterocycles. The van der Waals surface area contributed by atoms with E-state index < -0.39 is 0 Å². The summed E-state index contributed by atoms with van der Waals surface area (Å²) in [7, 11) is 4.19. The Morgan fingerprint density at radius 2 is 1.80 bits per heavy atom. The summed E-state index contributed by atoms with van der Waals surface area (Å²) in [4.78, 5) is 4.87. The van der Waals surface area contributed by atoms with E-state index in [1.807, 2.05) is 0 Å². The number of benzene rings is 1. The third kappa shape index (κ3) is 5.00. The average Bonchev–Trinajstić information content (AvgIpc) is 3.66. The number of aryl methyl sites for hydroxylation is 1. The zero-order valence-corrected chi connectivity index (χ0v) is 18.7. The first kappa shape index (κ1) is 20.3. The first-order chi connectivity index (χ1) is 14.7. The zero-order chi connectivity index (χ0) is 20.5. The molecule has 1 aromatic carbocycles. The number of likely N-dealkylation sites (tertiary alicyclic amines) is 1. The minimum atomic E-state index is 0.744. The van der Waals surface area contributed by atoms with Gasteiger partial charge in [-0.1, -0.05) is 5.16 Å². The summed E-state index contributed by atoms with van der Waals surface area (Å²) in [5, 5.41) is 5.68. The molecule has 30 heavy (non-hydrogen) atoms. The predicted octanol–water partition coefficient (Wildman–Crippen LogP) is 4.73. The minimum absolute atomic E-state index is 0.744. The van der Waals surface area contributed by atoms with Gasteiger partial charge in [-0.2, -0.15) is 0 Å². The summed E-state index contributed by atoms with van der Waals surface area (Å²) < 4.78 is 12.0. The van der Waals surface area contributed by atoms with Crippen LogP contribution in [0.5, 0.6) is 5.75 Å². The van der Waals surface area contributed by atoms with E-state index in [1.165, 1.54) is 70.0 Å². The molecular weight excluding hydrogens is 374 g/mol. The van der Waals surface area contributed by atoms with E-state index in [1.54, 1.807) is 0 Å². The summed E-state index contributed by atoms with van der Waals surface area (Å²) in [6, 6.07) is 4.31. The van der Waals surface area contributed by atoms with E-state index in [9.17, 15) is 0 Å². The van der Waals surface area contributed by atoms with Gasteiger partial charge in [0.15, 0.2) is 5.58 Å². The molecule has 5 nitrogen and oxygen atoms in total. The number of piperidine rings is 1. The Bertz CT molecular complexity index is 845. The monoisotopic (exact) mass is 411 g/mol. The van der Waals surface area contributed by atoms with Gasteiger partial charge in [0.1, 0.15) is 5.75 Å². The van der Waals surface area contributed by atoms with Gasteiger partial charge in [0.2, 0.25) is 0 Å². The standard InChI is InChI=1S/C25H37N3O2/c1-27(2)16-22-24(29-17-20-5-6-20)10-8-21-23(26-30-25(21)22)9-7-18-11-13-28(14-12-18)15-19-3-4-19/h8,10,18-20H,3-7,9,11-17H2,1-2H3. The lowest BCUT2D eigenvalue weighted by Crippen LogP contribution is -2.35. The molecule has 1 aromatic heterocycles. The Labute approximate surface area is 180 Å². The van der Waals surface area contributed by atoms with Gasteiger partial charge in [-0.25, -0.2) is 0 Å². The van der Waals surface area contributed by atoms with Crippen LogP contribution in [-0.2, 0) is 13.0 Å². The lowest BCUT2D eigenvalue weighted by molar-refractivity contribution is 0.173. The van der Waals surface area contributed by atoms with Crippen LogP contribution in [0.3, 0.4) is 0 Å². The summed E-state index contributed by atoms with van der Waals surface area (Å²) in [5.74, 6) is 3.55. The first-order valence-electron chi connectivity index (χ1n) is 12.1. The van der Waals surface area contributed by atoms with E-state index in [2.05, 4.69) is 41.2 Å². The smallest absolute Gasteiger partial charge is 0.175 e. The molecule has 164 valence electrons. The average molecular weight is 412 g/mol. The molecule has 5 heteroatoms. The molecule has 5 rings (SSSR count). The summed E-state index contributed by atoms with van der Waals surface area (Å²) >= 11 is 0. The number of ether oxygens (including phenoxy) is 1. The SMILES string of the molecule is CN(C)Cc1c(OCC2CC2)ccc2c(CCC3CCN(CC4CC4)CC3)noc12. The van der Waals surface area contributed by atoms with Crippen molar-refractivity contribution in [1.29, 1.82) is 0 Å². The number of rotatable bonds is 10. The summed E-state index contributed by atoms with van der Waals surface area (Å²) in [5.41, 5.74) is 3.19. The van der Waals surface area contributed by atoms with Crippen LogP contribution in [0.4, 0.5) is 0 Å². The molecule has 1 saturated heterocycles. The molecule has 3 aliphatic rings.